The lowest BCUT2D eigenvalue weighted by Gasteiger charge is -1.97. The highest BCUT2D eigenvalue weighted by Gasteiger charge is 1.96. The Balaban J connectivity index is 2.82. The van der Waals surface area contributed by atoms with Crippen molar-refractivity contribution in [2.24, 2.45) is 5.72 Å². The summed E-state index contributed by atoms with van der Waals surface area (Å²) in [4.78, 5) is 0. The van der Waals surface area contributed by atoms with Gasteiger partial charge in [-0.2, -0.15) is 0 Å². The van der Waals surface area contributed by atoms with Crippen LogP contribution in [0.4, 0.5) is 0 Å². The van der Waals surface area contributed by atoms with Gasteiger partial charge in [0, 0.05) is 6.54 Å². The van der Waals surface area contributed by atoms with Crippen molar-refractivity contribution in [3.63, 3.8) is 0 Å². The highest BCUT2D eigenvalue weighted by Crippen LogP contribution is 2.21. The van der Waals surface area contributed by atoms with E-state index in [1.54, 1.807) is 18.2 Å². The van der Waals surface area contributed by atoms with Crippen LogP contribution in [-0.4, -0.2) is 0 Å². The molecule has 0 saturated carbocycles. The standard InChI is InChI=1S/C7H7Cl2N/c8-6-2-1-5(4-10)3-7(6)9/h1-3H,4,10H2/i/hD2. The van der Waals surface area contributed by atoms with Crippen molar-refractivity contribution in [3.8, 4) is 0 Å². The molecule has 3 heteroatoms. The van der Waals surface area contributed by atoms with Gasteiger partial charge in [0.1, 0.15) is 2.82 Å². The summed E-state index contributed by atoms with van der Waals surface area (Å²) in [6.45, 7) is 0.219. The van der Waals surface area contributed by atoms with Crippen molar-refractivity contribution < 1.29 is 2.82 Å². The topological polar surface area (TPSA) is 26.0 Å². The predicted octanol–water partition coefficient (Wildman–Crippen LogP) is 2.45. The van der Waals surface area contributed by atoms with Gasteiger partial charge < -0.3 is 5.72 Å². The zero-order chi connectivity index (χ0) is 9.14. The number of hydrogen-bond donors (Lipinski definition) is 1. The van der Waals surface area contributed by atoms with Gasteiger partial charge in [0.2, 0.25) is 0 Å². The SMILES string of the molecule is [2H]N([2H])Cc1ccc(Cl)c(Cl)c1. The summed E-state index contributed by atoms with van der Waals surface area (Å²) in [6.07, 6.45) is 0. The lowest BCUT2D eigenvalue weighted by atomic mass is 10.2. The van der Waals surface area contributed by atoms with Gasteiger partial charge in [-0.25, -0.2) is 0 Å². The zero-order valence-corrected chi connectivity index (χ0v) is 6.65. The van der Waals surface area contributed by atoms with Gasteiger partial charge >= 0.3 is 0 Å². The van der Waals surface area contributed by atoms with Gasteiger partial charge in [-0.1, -0.05) is 29.3 Å². The third kappa shape index (κ3) is 1.63. The Morgan fingerprint density at radius 1 is 1.40 bits per heavy atom. The molecule has 0 bridgehead atoms. The molecular formula is C7H7Cl2N. The van der Waals surface area contributed by atoms with Crippen molar-refractivity contribution in [3.05, 3.63) is 33.8 Å². The molecule has 2 N–H and O–H groups in total. The van der Waals surface area contributed by atoms with E-state index in [9.17, 15) is 0 Å². The molecular weight excluding hydrogens is 169 g/mol. The fourth-order valence-corrected chi connectivity index (χ4v) is 0.959. The largest absolute Gasteiger partial charge is 0.326 e. The van der Waals surface area contributed by atoms with Crippen LogP contribution in [0.3, 0.4) is 0 Å². The lowest BCUT2D eigenvalue weighted by Crippen LogP contribution is -1.95. The smallest absolute Gasteiger partial charge is 0.119 e. The fourth-order valence-electron chi connectivity index (χ4n) is 0.638. The van der Waals surface area contributed by atoms with Gasteiger partial charge in [0.25, 0.3) is 0 Å². The molecule has 10 heavy (non-hydrogen) atoms. The Labute approximate surface area is 72.7 Å². The average molecular weight is 178 g/mol. The van der Waals surface area contributed by atoms with Crippen LogP contribution in [0.2, 0.25) is 12.9 Å². The Bertz CT molecular complexity index is 278. The molecule has 0 aliphatic heterocycles. The number of rotatable bonds is 2. The maximum absolute atomic E-state index is 6.86. The maximum atomic E-state index is 6.86. The highest BCUT2D eigenvalue weighted by atomic mass is 35.5. The predicted molar refractivity (Wildman–Crippen MR) is 44.4 cm³/mol. The molecule has 54 valence electrons. The first-order chi connectivity index (χ1) is 5.59. The van der Waals surface area contributed by atoms with Crippen molar-refractivity contribution in [1.82, 2.24) is 0 Å². The molecule has 0 fully saturated rings. The molecule has 0 aromatic heterocycles. The molecule has 0 aliphatic carbocycles. The van der Waals surface area contributed by atoms with E-state index in [1.165, 1.54) is 0 Å². The number of hydrogen-bond acceptors (Lipinski definition) is 1. The monoisotopic (exact) mass is 177 g/mol. The second-order valence-electron chi connectivity index (χ2n) is 1.91. The molecule has 0 saturated heterocycles. The third-order valence-electron chi connectivity index (χ3n) is 1.17. The van der Waals surface area contributed by atoms with Crippen LogP contribution in [-0.2, 0) is 6.54 Å². The van der Waals surface area contributed by atoms with Crippen LogP contribution in [0.5, 0.6) is 0 Å². The molecule has 0 radical (unpaired) electrons. The van der Waals surface area contributed by atoms with Gasteiger partial charge in [-0.05, 0) is 17.7 Å². The summed E-state index contributed by atoms with van der Waals surface area (Å²) in [5, 5.41) is 0.943. The minimum atomic E-state index is 0.219. The second-order valence-corrected chi connectivity index (χ2v) is 2.72. The highest BCUT2D eigenvalue weighted by molar-refractivity contribution is 6.41. The molecule has 0 spiro atoms. The molecule has 0 amide bonds. The van der Waals surface area contributed by atoms with Gasteiger partial charge in [0.05, 0.1) is 10.0 Å². The van der Waals surface area contributed by atoms with E-state index in [0.29, 0.717) is 15.8 Å². The zero-order valence-electron chi connectivity index (χ0n) is 7.14. The van der Waals surface area contributed by atoms with Gasteiger partial charge in [-0.3, -0.25) is 0 Å². The minimum absolute atomic E-state index is 0.219. The van der Waals surface area contributed by atoms with Crippen molar-refractivity contribution in [2.75, 3.05) is 0 Å². The number of halogens is 2. The van der Waals surface area contributed by atoms with Crippen molar-refractivity contribution >= 4 is 23.2 Å². The van der Waals surface area contributed by atoms with E-state index >= 15 is 0 Å². The Morgan fingerprint density at radius 2 is 2.20 bits per heavy atom. The summed E-state index contributed by atoms with van der Waals surface area (Å²) in [5.74, 6) is 0. The molecule has 0 atom stereocenters. The van der Waals surface area contributed by atoms with Crippen LogP contribution in [0.25, 0.3) is 0 Å². The number of nitrogens with two attached hydrogens (primary N) is 1. The molecule has 0 heterocycles. The van der Waals surface area contributed by atoms with E-state index in [0.717, 1.165) is 5.56 Å². The van der Waals surface area contributed by atoms with Crippen LogP contribution in [0.1, 0.15) is 5.56 Å². The Hall–Kier alpha value is -0.240. The lowest BCUT2D eigenvalue weighted by molar-refractivity contribution is 1.07. The Kier molecular flexibility index (Phi) is 1.75. The van der Waals surface area contributed by atoms with Gasteiger partial charge in [-0.15, -0.1) is 0 Å². The Morgan fingerprint density at radius 3 is 2.80 bits per heavy atom. The van der Waals surface area contributed by atoms with E-state index in [4.69, 9.17) is 26.0 Å². The number of benzene rings is 1. The molecule has 1 nitrogen and oxygen atoms in total. The second kappa shape index (κ2) is 3.24. The van der Waals surface area contributed by atoms with Gasteiger partial charge in [0.15, 0.2) is 0 Å². The quantitative estimate of drug-likeness (QED) is 0.739. The first-order valence-corrected chi connectivity index (χ1v) is 3.54. The van der Waals surface area contributed by atoms with Crippen LogP contribution in [0, 0.1) is 0 Å². The van der Waals surface area contributed by atoms with Crippen LogP contribution < -0.4 is 5.72 Å². The molecule has 0 aliphatic rings. The average Bonchev–Trinajstić information content (AvgIpc) is 1.96. The normalized spacial score (nSPS) is 13.1. The molecule has 0 unspecified atom stereocenters. The van der Waals surface area contributed by atoms with E-state index in [1.807, 2.05) is 0 Å². The van der Waals surface area contributed by atoms with Crippen LogP contribution >= 0.6 is 23.2 Å². The summed E-state index contributed by atoms with van der Waals surface area (Å²) < 4.78 is 13.7. The minimum Gasteiger partial charge on any atom is -0.326 e. The van der Waals surface area contributed by atoms with Crippen molar-refractivity contribution in [1.29, 1.82) is 0 Å². The van der Waals surface area contributed by atoms with Crippen LogP contribution in [0.15, 0.2) is 18.2 Å². The summed E-state index contributed by atoms with van der Waals surface area (Å²) in [6, 6.07) is 5.05. The van der Waals surface area contributed by atoms with E-state index in [2.05, 4.69) is 0 Å². The van der Waals surface area contributed by atoms with E-state index in [-0.39, 0.29) is 6.54 Å². The summed E-state index contributed by atoms with van der Waals surface area (Å²) in [5.41, 5.74) is 1.38. The van der Waals surface area contributed by atoms with Crippen molar-refractivity contribution in [2.45, 2.75) is 6.54 Å². The third-order valence-corrected chi connectivity index (χ3v) is 1.91. The first-order valence-electron chi connectivity index (χ1n) is 3.68. The fraction of sp³-hybridized carbons (Fsp3) is 0.143. The molecule has 1 aromatic rings. The molecule has 1 aromatic carbocycles. The summed E-state index contributed by atoms with van der Waals surface area (Å²) in [7, 11) is 0. The summed E-state index contributed by atoms with van der Waals surface area (Å²) >= 11 is 11.4. The molecule has 1 rings (SSSR count). The maximum Gasteiger partial charge on any atom is 0.119 e. The first kappa shape index (κ1) is 5.42. The van der Waals surface area contributed by atoms with E-state index < -0.39 is 0 Å².